The van der Waals surface area contributed by atoms with Crippen LogP contribution in [0.25, 0.3) is 0 Å². The molecule has 66 valence electrons. The Morgan fingerprint density at radius 3 is 3.00 bits per heavy atom. The lowest BCUT2D eigenvalue weighted by Crippen LogP contribution is -2.33. The van der Waals surface area contributed by atoms with E-state index < -0.39 is 0 Å². The van der Waals surface area contributed by atoms with Crippen LogP contribution in [-0.4, -0.2) is 30.0 Å². The fourth-order valence-corrected chi connectivity index (χ4v) is 1.21. The lowest BCUT2D eigenvalue weighted by molar-refractivity contribution is 0.217. The van der Waals surface area contributed by atoms with E-state index in [0.717, 1.165) is 5.01 Å². The highest BCUT2D eigenvalue weighted by Gasteiger charge is 2.02. The van der Waals surface area contributed by atoms with Gasteiger partial charge in [0.15, 0.2) is 0 Å². The van der Waals surface area contributed by atoms with Gasteiger partial charge in [-0.2, -0.15) is 0 Å². The number of amides is 2. The van der Waals surface area contributed by atoms with Crippen LogP contribution in [0.4, 0.5) is 4.79 Å². The molecule has 0 unspecified atom stereocenters. The summed E-state index contributed by atoms with van der Waals surface area (Å²) in [6.07, 6.45) is 1.72. The Bertz CT molecular complexity index is 245. The highest BCUT2D eigenvalue weighted by atomic mass is 32.1. The third-order valence-corrected chi connectivity index (χ3v) is 2.06. The second-order valence-electron chi connectivity index (χ2n) is 2.48. The van der Waals surface area contributed by atoms with Gasteiger partial charge < -0.3 is 10.2 Å². The van der Waals surface area contributed by atoms with Crippen molar-refractivity contribution in [3.63, 3.8) is 0 Å². The molecule has 0 aliphatic rings. The molecule has 12 heavy (non-hydrogen) atoms. The van der Waals surface area contributed by atoms with Gasteiger partial charge in [-0.25, -0.2) is 9.78 Å². The molecular formula is C7H11N3OS. The monoisotopic (exact) mass is 185 g/mol. The number of rotatable bonds is 2. The molecule has 0 spiro atoms. The smallest absolute Gasteiger partial charge is 0.317 e. The molecule has 1 aromatic rings. The molecule has 0 fully saturated rings. The number of hydrogen-bond acceptors (Lipinski definition) is 3. The van der Waals surface area contributed by atoms with Gasteiger partial charge in [0.2, 0.25) is 0 Å². The summed E-state index contributed by atoms with van der Waals surface area (Å²) in [5.41, 5.74) is 0. The van der Waals surface area contributed by atoms with Gasteiger partial charge in [0, 0.05) is 25.7 Å². The van der Waals surface area contributed by atoms with Crippen LogP contribution in [0.3, 0.4) is 0 Å². The number of hydrogen-bond donors (Lipinski definition) is 1. The molecule has 0 atom stereocenters. The number of carbonyl (C=O) groups is 1. The predicted octanol–water partition coefficient (Wildman–Crippen LogP) is 0.914. The molecule has 0 bridgehead atoms. The van der Waals surface area contributed by atoms with Crippen LogP contribution < -0.4 is 5.32 Å². The molecule has 0 aliphatic carbocycles. The molecule has 0 saturated heterocycles. The van der Waals surface area contributed by atoms with Gasteiger partial charge in [-0.15, -0.1) is 11.3 Å². The third-order valence-electron chi connectivity index (χ3n) is 1.28. The lowest BCUT2D eigenvalue weighted by atomic mass is 10.6. The first-order chi connectivity index (χ1) is 5.70. The van der Waals surface area contributed by atoms with Crippen molar-refractivity contribution in [1.82, 2.24) is 15.2 Å². The van der Waals surface area contributed by atoms with Crippen molar-refractivity contribution in [1.29, 1.82) is 0 Å². The number of nitrogens with zero attached hydrogens (tertiary/aromatic N) is 2. The second kappa shape index (κ2) is 4.06. The molecule has 1 N–H and O–H groups in total. The largest absolute Gasteiger partial charge is 0.331 e. The van der Waals surface area contributed by atoms with Crippen molar-refractivity contribution >= 4 is 17.4 Å². The number of aromatic nitrogens is 1. The Labute approximate surface area is 75.2 Å². The van der Waals surface area contributed by atoms with Crippen LogP contribution >= 0.6 is 11.3 Å². The molecule has 2 amide bonds. The van der Waals surface area contributed by atoms with E-state index >= 15 is 0 Å². The fourth-order valence-electron chi connectivity index (χ4n) is 0.650. The standard InChI is InChI=1S/C7H11N3OS/c1-10(2)7(11)9-5-6-8-3-4-12-6/h3-4H,5H2,1-2H3,(H,9,11). The van der Waals surface area contributed by atoms with Crippen molar-refractivity contribution < 1.29 is 4.79 Å². The summed E-state index contributed by atoms with van der Waals surface area (Å²) in [4.78, 5) is 16.6. The van der Waals surface area contributed by atoms with Gasteiger partial charge in [-0.3, -0.25) is 0 Å². The van der Waals surface area contributed by atoms with Crippen LogP contribution in [0.2, 0.25) is 0 Å². The fraction of sp³-hybridized carbons (Fsp3) is 0.429. The molecule has 1 rings (SSSR count). The summed E-state index contributed by atoms with van der Waals surface area (Å²) in [6.45, 7) is 0.509. The average Bonchev–Trinajstić information content (AvgIpc) is 2.51. The Morgan fingerprint density at radius 1 is 1.75 bits per heavy atom. The lowest BCUT2D eigenvalue weighted by Gasteiger charge is -2.10. The first-order valence-corrected chi connectivity index (χ1v) is 4.41. The molecule has 1 aromatic heterocycles. The van der Waals surface area contributed by atoms with E-state index in [2.05, 4.69) is 10.3 Å². The second-order valence-corrected chi connectivity index (χ2v) is 3.46. The summed E-state index contributed by atoms with van der Waals surface area (Å²) in [6, 6.07) is -0.0924. The molecule has 0 aliphatic heterocycles. The molecule has 0 radical (unpaired) electrons. The van der Waals surface area contributed by atoms with Gasteiger partial charge in [0.25, 0.3) is 0 Å². The van der Waals surface area contributed by atoms with Crippen molar-refractivity contribution in [2.45, 2.75) is 6.54 Å². The quantitative estimate of drug-likeness (QED) is 0.744. The molecule has 0 saturated carbocycles. The summed E-state index contributed by atoms with van der Waals surface area (Å²) in [7, 11) is 3.41. The summed E-state index contributed by atoms with van der Waals surface area (Å²) >= 11 is 1.53. The Morgan fingerprint density at radius 2 is 2.50 bits per heavy atom. The van der Waals surface area contributed by atoms with E-state index in [1.165, 1.54) is 16.2 Å². The Hall–Kier alpha value is -1.10. The van der Waals surface area contributed by atoms with Gasteiger partial charge in [0.1, 0.15) is 5.01 Å². The minimum Gasteiger partial charge on any atom is -0.331 e. The van der Waals surface area contributed by atoms with E-state index in [4.69, 9.17) is 0 Å². The third kappa shape index (κ3) is 2.50. The summed E-state index contributed by atoms with van der Waals surface area (Å²) in [5.74, 6) is 0. The Kier molecular flexibility index (Phi) is 3.04. The van der Waals surface area contributed by atoms with Crippen LogP contribution in [0, 0.1) is 0 Å². The first kappa shape index (κ1) is 8.99. The highest BCUT2D eigenvalue weighted by Crippen LogP contribution is 2.02. The van der Waals surface area contributed by atoms with Gasteiger partial charge in [-0.1, -0.05) is 0 Å². The van der Waals surface area contributed by atoms with Gasteiger partial charge >= 0.3 is 6.03 Å². The maximum absolute atomic E-state index is 11.0. The number of urea groups is 1. The van der Waals surface area contributed by atoms with E-state index in [-0.39, 0.29) is 6.03 Å². The van der Waals surface area contributed by atoms with Gasteiger partial charge in [-0.05, 0) is 0 Å². The first-order valence-electron chi connectivity index (χ1n) is 3.53. The Balaban J connectivity index is 2.32. The van der Waals surface area contributed by atoms with E-state index in [1.54, 1.807) is 20.3 Å². The normalized spacial score (nSPS) is 9.50. The highest BCUT2D eigenvalue weighted by molar-refractivity contribution is 7.09. The average molecular weight is 185 g/mol. The van der Waals surface area contributed by atoms with Crippen molar-refractivity contribution in [3.05, 3.63) is 16.6 Å². The SMILES string of the molecule is CN(C)C(=O)NCc1nccs1. The van der Waals surface area contributed by atoms with E-state index in [0.29, 0.717) is 6.54 Å². The maximum atomic E-state index is 11.0. The summed E-state index contributed by atoms with van der Waals surface area (Å²) < 4.78 is 0. The zero-order chi connectivity index (χ0) is 8.97. The van der Waals surface area contributed by atoms with Gasteiger partial charge in [0.05, 0.1) is 6.54 Å². The molecule has 4 nitrogen and oxygen atoms in total. The predicted molar refractivity (Wildman–Crippen MR) is 48.0 cm³/mol. The molecule has 0 aromatic carbocycles. The number of thiazole rings is 1. The molecule has 1 heterocycles. The zero-order valence-electron chi connectivity index (χ0n) is 7.07. The molecule has 5 heteroatoms. The van der Waals surface area contributed by atoms with E-state index in [9.17, 15) is 4.79 Å². The van der Waals surface area contributed by atoms with Crippen molar-refractivity contribution in [3.8, 4) is 0 Å². The topological polar surface area (TPSA) is 45.2 Å². The van der Waals surface area contributed by atoms with Crippen LogP contribution in [0.1, 0.15) is 5.01 Å². The van der Waals surface area contributed by atoms with E-state index in [1.807, 2.05) is 5.38 Å². The number of nitrogens with one attached hydrogen (secondary N) is 1. The maximum Gasteiger partial charge on any atom is 0.317 e. The van der Waals surface area contributed by atoms with Crippen LogP contribution in [0.15, 0.2) is 11.6 Å². The van der Waals surface area contributed by atoms with Crippen molar-refractivity contribution in [2.24, 2.45) is 0 Å². The van der Waals surface area contributed by atoms with Crippen LogP contribution in [-0.2, 0) is 6.54 Å². The number of carbonyl (C=O) groups excluding carboxylic acids is 1. The summed E-state index contributed by atoms with van der Waals surface area (Å²) in [5, 5.41) is 5.53. The zero-order valence-corrected chi connectivity index (χ0v) is 7.89. The van der Waals surface area contributed by atoms with Crippen molar-refractivity contribution in [2.75, 3.05) is 14.1 Å². The molecular weight excluding hydrogens is 174 g/mol. The minimum atomic E-state index is -0.0924. The minimum absolute atomic E-state index is 0.0924. The van der Waals surface area contributed by atoms with Crippen LogP contribution in [0.5, 0.6) is 0 Å².